The topological polar surface area (TPSA) is 154 Å². The molecule has 0 unspecified atom stereocenters. The molecule has 3 rings (SSSR count). The van der Waals surface area contributed by atoms with Gasteiger partial charge in [0.25, 0.3) is 0 Å². The maximum absolute atomic E-state index is 12.0. The van der Waals surface area contributed by atoms with E-state index in [0.717, 1.165) is 10.9 Å². The lowest BCUT2D eigenvalue weighted by molar-refractivity contribution is -0.137. The molecule has 0 saturated heterocycles. The fourth-order valence-electron chi connectivity index (χ4n) is 2.38. The van der Waals surface area contributed by atoms with Crippen molar-refractivity contribution < 1.29 is 30.0 Å². The van der Waals surface area contributed by atoms with E-state index in [1.165, 1.54) is 29.7 Å². The number of rotatable bonds is 6. The van der Waals surface area contributed by atoms with Crippen LogP contribution < -0.4 is 5.69 Å². The molecular formula is C17H13N3O7S. The summed E-state index contributed by atoms with van der Waals surface area (Å²) in [4.78, 5) is 35.2. The first-order valence-electron chi connectivity index (χ1n) is 7.70. The molecule has 0 fully saturated rings. The maximum atomic E-state index is 12.0. The average molecular weight is 403 g/mol. The normalized spacial score (nSPS) is 11.1. The Morgan fingerprint density at radius 1 is 1.14 bits per heavy atom. The van der Waals surface area contributed by atoms with Crippen molar-refractivity contribution in [3.8, 4) is 22.1 Å². The molecule has 0 amide bonds. The first-order chi connectivity index (χ1) is 13.3. The van der Waals surface area contributed by atoms with E-state index >= 15 is 0 Å². The van der Waals surface area contributed by atoms with Gasteiger partial charge in [0, 0.05) is 9.75 Å². The number of hydrogen-bond donors (Lipinski definition) is 4. The fraction of sp³-hybridized carbons (Fsp3) is 0.0588. The Labute approximate surface area is 160 Å². The van der Waals surface area contributed by atoms with Crippen molar-refractivity contribution in [3.05, 3.63) is 57.5 Å². The standard InChI is InChI=1S/C17H13N3O7S/c21-12-3-1-9(5-11(12)16(25)26)13-4-2-10(28-13)6-18-20-7-14(22)19(17(20)27)8-15(23)24/h1-7,21-22H,8H2,(H,23,24)(H,25,26)/b18-6+. The molecule has 0 aliphatic heterocycles. The Morgan fingerprint density at radius 2 is 1.89 bits per heavy atom. The Hall–Kier alpha value is -3.86. The number of aliphatic carboxylic acids is 1. The molecule has 0 spiro atoms. The molecule has 1 aromatic carbocycles. The van der Waals surface area contributed by atoms with Crippen LogP contribution in [0.15, 0.2) is 46.4 Å². The lowest BCUT2D eigenvalue weighted by Gasteiger charge is -2.02. The van der Waals surface area contributed by atoms with Crippen LogP contribution in [0.2, 0.25) is 0 Å². The summed E-state index contributed by atoms with van der Waals surface area (Å²) in [6.07, 6.45) is 2.34. The van der Waals surface area contributed by atoms with Gasteiger partial charge in [-0.15, -0.1) is 11.3 Å². The lowest BCUT2D eigenvalue weighted by atomic mass is 10.1. The third-order valence-electron chi connectivity index (χ3n) is 3.68. The van der Waals surface area contributed by atoms with Crippen molar-refractivity contribution in [2.45, 2.75) is 6.54 Å². The van der Waals surface area contributed by atoms with E-state index < -0.39 is 30.1 Å². The molecule has 11 heteroatoms. The number of phenols is 1. The van der Waals surface area contributed by atoms with Crippen molar-refractivity contribution in [3.63, 3.8) is 0 Å². The SMILES string of the molecule is O=C(O)Cn1c(O)cn(/N=C/c2ccc(-c3ccc(O)c(C(=O)O)c3)s2)c1=O. The predicted octanol–water partition coefficient (Wildman–Crippen LogP) is 1.45. The van der Waals surface area contributed by atoms with Crippen LogP contribution in [0.25, 0.3) is 10.4 Å². The molecule has 4 N–H and O–H groups in total. The molecule has 28 heavy (non-hydrogen) atoms. The van der Waals surface area contributed by atoms with E-state index in [-0.39, 0.29) is 11.3 Å². The van der Waals surface area contributed by atoms with E-state index in [9.17, 15) is 24.6 Å². The summed E-state index contributed by atoms with van der Waals surface area (Å²) in [6.45, 7) is -0.691. The van der Waals surface area contributed by atoms with Gasteiger partial charge in [0.2, 0.25) is 5.88 Å². The second-order valence-corrected chi connectivity index (χ2v) is 6.69. The van der Waals surface area contributed by atoms with E-state index in [2.05, 4.69) is 5.10 Å². The van der Waals surface area contributed by atoms with Crippen LogP contribution in [-0.4, -0.2) is 47.8 Å². The number of carbonyl (C=O) groups is 2. The summed E-state index contributed by atoms with van der Waals surface area (Å²) in [5.74, 6) is -3.39. The zero-order valence-corrected chi connectivity index (χ0v) is 14.8. The van der Waals surface area contributed by atoms with Crippen LogP contribution in [0.4, 0.5) is 0 Å². The summed E-state index contributed by atoms with van der Waals surface area (Å²) in [5.41, 5.74) is -0.442. The Kier molecular flexibility index (Phi) is 5.00. The van der Waals surface area contributed by atoms with Crippen LogP contribution in [0.5, 0.6) is 11.6 Å². The highest BCUT2D eigenvalue weighted by Crippen LogP contribution is 2.30. The largest absolute Gasteiger partial charge is 0.507 e. The van der Waals surface area contributed by atoms with Crippen molar-refractivity contribution in [1.29, 1.82) is 0 Å². The van der Waals surface area contributed by atoms with Gasteiger partial charge in [-0.25, -0.2) is 9.59 Å². The van der Waals surface area contributed by atoms with Gasteiger partial charge in [-0.1, -0.05) is 0 Å². The van der Waals surface area contributed by atoms with E-state index in [1.54, 1.807) is 18.2 Å². The van der Waals surface area contributed by atoms with Crippen molar-refractivity contribution >= 4 is 29.5 Å². The molecule has 2 heterocycles. The molecule has 0 saturated carbocycles. The van der Waals surface area contributed by atoms with Crippen molar-refractivity contribution in [2.24, 2.45) is 5.10 Å². The number of aromatic nitrogens is 2. The lowest BCUT2D eigenvalue weighted by Crippen LogP contribution is -2.25. The average Bonchev–Trinajstić information content (AvgIpc) is 3.20. The molecule has 0 radical (unpaired) electrons. The molecule has 0 aliphatic rings. The van der Waals surface area contributed by atoms with Crippen molar-refractivity contribution in [2.75, 3.05) is 0 Å². The number of aromatic carboxylic acids is 1. The quantitative estimate of drug-likeness (QED) is 0.454. The van der Waals surface area contributed by atoms with Gasteiger partial charge < -0.3 is 20.4 Å². The maximum Gasteiger partial charge on any atom is 0.352 e. The molecular weight excluding hydrogens is 390 g/mol. The zero-order chi connectivity index (χ0) is 20.4. The first kappa shape index (κ1) is 18.9. The predicted molar refractivity (Wildman–Crippen MR) is 99.4 cm³/mol. The smallest absolute Gasteiger partial charge is 0.352 e. The monoisotopic (exact) mass is 403 g/mol. The Bertz CT molecular complexity index is 1160. The van der Waals surface area contributed by atoms with Gasteiger partial charge in [-0.2, -0.15) is 9.78 Å². The number of carboxylic acid groups (broad SMARTS) is 2. The first-order valence-corrected chi connectivity index (χ1v) is 8.51. The zero-order valence-electron chi connectivity index (χ0n) is 14.0. The number of imidazole rings is 1. The number of hydrogen-bond acceptors (Lipinski definition) is 7. The highest BCUT2D eigenvalue weighted by molar-refractivity contribution is 7.17. The van der Waals surface area contributed by atoms with Crippen LogP contribution >= 0.6 is 11.3 Å². The molecule has 2 aromatic heterocycles. The van der Waals surface area contributed by atoms with Gasteiger partial charge in [-0.3, -0.25) is 9.36 Å². The Morgan fingerprint density at radius 3 is 2.57 bits per heavy atom. The third kappa shape index (κ3) is 3.78. The number of aromatic hydroxyl groups is 2. The van der Waals surface area contributed by atoms with E-state index in [4.69, 9.17) is 10.2 Å². The number of carboxylic acids is 2. The molecule has 0 bridgehead atoms. The summed E-state index contributed by atoms with van der Waals surface area (Å²) in [7, 11) is 0. The van der Waals surface area contributed by atoms with Crippen LogP contribution in [-0.2, 0) is 11.3 Å². The molecule has 144 valence electrons. The number of benzene rings is 1. The van der Waals surface area contributed by atoms with E-state index in [0.29, 0.717) is 19.9 Å². The highest BCUT2D eigenvalue weighted by Gasteiger charge is 2.13. The van der Waals surface area contributed by atoms with Crippen LogP contribution in [0, 0.1) is 0 Å². The summed E-state index contributed by atoms with van der Waals surface area (Å²) < 4.78 is 1.46. The number of nitrogens with zero attached hydrogens (tertiary/aromatic N) is 3. The van der Waals surface area contributed by atoms with Gasteiger partial charge in [-0.05, 0) is 35.9 Å². The molecule has 0 atom stereocenters. The van der Waals surface area contributed by atoms with Gasteiger partial charge >= 0.3 is 17.6 Å². The van der Waals surface area contributed by atoms with Gasteiger partial charge in [0.1, 0.15) is 17.9 Å². The van der Waals surface area contributed by atoms with Crippen LogP contribution in [0.3, 0.4) is 0 Å². The highest BCUT2D eigenvalue weighted by atomic mass is 32.1. The molecule has 3 aromatic rings. The minimum atomic E-state index is -1.28. The van der Waals surface area contributed by atoms with Gasteiger partial charge in [0.05, 0.1) is 12.4 Å². The second kappa shape index (κ2) is 7.40. The fourth-order valence-corrected chi connectivity index (χ4v) is 3.25. The summed E-state index contributed by atoms with van der Waals surface area (Å²) in [5, 5.41) is 41.0. The summed E-state index contributed by atoms with van der Waals surface area (Å²) >= 11 is 1.26. The van der Waals surface area contributed by atoms with E-state index in [1.807, 2.05) is 0 Å². The minimum Gasteiger partial charge on any atom is -0.507 e. The molecule has 10 nitrogen and oxygen atoms in total. The third-order valence-corrected chi connectivity index (χ3v) is 4.75. The number of thiophene rings is 1. The minimum absolute atomic E-state index is 0.220. The second-order valence-electron chi connectivity index (χ2n) is 5.58. The Balaban J connectivity index is 1.86. The summed E-state index contributed by atoms with van der Waals surface area (Å²) in [6, 6.07) is 7.62. The van der Waals surface area contributed by atoms with Gasteiger partial charge in [0.15, 0.2) is 0 Å². The van der Waals surface area contributed by atoms with Crippen LogP contribution in [0.1, 0.15) is 15.2 Å². The molecule has 0 aliphatic carbocycles. The van der Waals surface area contributed by atoms with Crippen molar-refractivity contribution in [1.82, 2.24) is 9.24 Å².